The van der Waals surface area contributed by atoms with E-state index >= 15 is 0 Å². The third-order valence-corrected chi connectivity index (χ3v) is 2.87. The van der Waals surface area contributed by atoms with E-state index in [1.807, 2.05) is 0 Å². The van der Waals surface area contributed by atoms with E-state index in [1.54, 1.807) is 0 Å². The molecule has 0 amide bonds. The van der Waals surface area contributed by atoms with Crippen molar-refractivity contribution in [3.63, 3.8) is 0 Å². The molecule has 1 N–H and O–H groups in total. The summed E-state index contributed by atoms with van der Waals surface area (Å²) >= 11 is 5.74. The zero-order valence-corrected chi connectivity index (χ0v) is 8.81. The number of nitrogens with one attached hydrogen (secondary N) is 1. The van der Waals surface area contributed by atoms with E-state index in [-0.39, 0.29) is 11.2 Å². The highest BCUT2D eigenvalue weighted by Gasteiger charge is 2.42. The molecular weight excluding hydrogens is 215 g/mol. The predicted molar refractivity (Wildman–Crippen MR) is 57.2 cm³/mol. The van der Waals surface area contributed by atoms with Crippen LogP contribution in [-0.2, 0) is 0 Å². The fourth-order valence-corrected chi connectivity index (χ4v) is 1.55. The molecule has 15 heavy (non-hydrogen) atoms. The first kappa shape index (κ1) is 10.3. The average Bonchev–Trinajstić information content (AvgIpc) is 3.00. The summed E-state index contributed by atoms with van der Waals surface area (Å²) in [7, 11) is 0. The number of halogens is 2. The van der Waals surface area contributed by atoms with Gasteiger partial charge >= 0.3 is 0 Å². The van der Waals surface area contributed by atoms with E-state index in [2.05, 4.69) is 11.4 Å². The minimum Gasteiger partial charge on any atom is -0.381 e. The molecule has 1 aliphatic rings. The lowest BCUT2D eigenvalue weighted by molar-refractivity contribution is 0.625. The van der Waals surface area contributed by atoms with E-state index in [1.165, 1.54) is 18.2 Å². The summed E-state index contributed by atoms with van der Waals surface area (Å²) in [5.74, 6) is -0.340. The van der Waals surface area contributed by atoms with Crippen molar-refractivity contribution in [3.05, 3.63) is 29.0 Å². The van der Waals surface area contributed by atoms with Crippen molar-refractivity contribution in [2.45, 2.75) is 12.8 Å². The van der Waals surface area contributed by atoms with Crippen LogP contribution in [0.2, 0.25) is 5.02 Å². The Kier molecular flexibility index (Phi) is 2.54. The van der Waals surface area contributed by atoms with Crippen molar-refractivity contribution in [2.75, 3.05) is 11.9 Å². The lowest BCUT2D eigenvalue weighted by Crippen LogP contribution is -2.14. The first-order chi connectivity index (χ1) is 7.15. The number of hydrogen-bond donors (Lipinski definition) is 1. The summed E-state index contributed by atoms with van der Waals surface area (Å²) in [6, 6.07) is 6.59. The number of benzene rings is 1. The molecule has 1 saturated carbocycles. The van der Waals surface area contributed by atoms with Crippen LogP contribution in [-0.4, -0.2) is 6.54 Å². The summed E-state index contributed by atoms with van der Waals surface area (Å²) in [6.07, 6.45) is 1.78. The number of nitrogens with zero attached hydrogens (tertiary/aromatic N) is 1. The molecular formula is C11H10ClFN2. The van der Waals surface area contributed by atoms with Crippen LogP contribution in [0.1, 0.15) is 12.8 Å². The molecule has 78 valence electrons. The van der Waals surface area contributed by atoms with Gasteiger partial charge in [-0.3, -0.25) is 0 Å². The van der Waals surface area contributed by atoms with Crippen molar-refractivity contribution in [3.8, 4) is 6.07 Å². The summed E-state index contributed by atoms with van der Waals surface area (Å²) in [5, 5.41) is 12.3. The molecule has 0 saturated heterocycles. The Hall–Kier alpha value is -1.27. The largest absolute Gasteiger partial charge is 0.381 e. The highest BCUT2D eigenvalue weighted by atomic mass is 35.5. The summed E-state index contributed by atoms with van der Waals surface area (Å²) < 4.78 is 13.3. The number of anilines is 1. The maximum Gasteiger partial charge on any atom is 0.146 e. The highest BCUT2D eigenvalue weighted by molar-refractivity contribution is 6.30. The smallest absolute Gasteiger partial charge is 0.146 e. The monoisotopic (exact) mass is 224 g/mol. The number of rotatable bonds is 3. The van der Waals surface area contributed by atoms with Crippen LogP contribution in [0.15, 0.2) is 18.2 Å². The van der Waals surface area contributed by atoms with E-state index in [0.717, 1.165) is 12.8 Å². The Morgan fingerprint density at radius 3 is 2.87 bits per heavy atom. The Labute approximate surface area is 92.7 Å². The van der Waals surface area contributed by atoms with Gasteiger partial charge in [0.05, 0.1) is 17.2 Å². The summed E-state index contributed by atoms with van der Waals surface area (Å²) in [6.45, 7) is 0.487. The topological polar surface area (TPSA) is 35.8 Å². The zero-order valence-electron chi connectivity index (χ0n) is 8.06. The number of hydrogen-bond acceptors (Lipinski definition) is 2. The van der Waals surface area contributed by atoms with Gasteiger partial charge in [-0.1, -0.05) is 11.6 Å². The maximum atomic E-state index is 13.3. The molecule has 2 nitrogen and oxygen atoms in total. The first-order valence-electron chi connectivity index (χ1n) is 4.75. The Balaban J connectivity index is 2.05. The second-order valence-corrected chi connectivity index (χ2v) is 4.31. The normalized spacial score (nSPS) is 16.9. The van der Waals surface area contributed by atoms with Gasteiger partial charge in [0.15, 0.2) is 0 Å². The van der Waals surface area contributed by atoms with Gasteiger partial charge in [0.2, 0.25) is 0 Å². The van der Waals surface area contributed by atoms with Crippen LogP contribution in [0.3, 0.4) is 0 Å². The van der Waals surface area contributed by atoms with Crippen molar-refractivity contribution in [2.24, 2.45) is 5.41 Å². The lowest BCUT2D eigenvalue weighted by atomic mass is 10.1. The molecule has 0 unspecified atom stereocenters. The number of nitriles is 1. The molecule has 2 rings (SSSR count). The van der Waals surface area contributed by atoms with Crippen LogP contribution in [0.25, 0.3) is 0 Å². The molecule has 1 aromatic rings. The van der Waals surface area contributed by atoms with Gasteiger partial charge < -0.3 is 5.32 Å². The minimum absolute atomic E-state index is 0.283. The van der Waals surface area contributed by atoms with Gasteiger partial charge in [-0.05, 0) is 31.0 Å². The first-order valence-corrected chi connectivity index (χ1v) is 5.13. The van der Waals surface area contributed by atoms with Crippen LogP contribution in [0.4, 0.5) is 10.1 Å². The van der Waals surface area contributed by atoms with Gasteiger partial charge in [-0.15, -0.1) is 0 Å². The lowest BCUT2D eigenvalue weighted by Gasteiger charge is -2.10. The fourth-order valence-electron chi connectivity index (χ4n) is 1.38. The van der Waals surface area contributed by atoms with Crippen molar-refractivity contribution >= 4 is 17.3 Å². The molecule has 0 heterocycles. The minimum atomic E-state index is -0.340. The van der Waals surface area contributed by atoms with Crippen LogP contribution >= 0.6 is 11.6 Å². The van der Waals surface area contributed by atoms with E-state index < -0.39 is 0 Å². The van der Waals surface area contributed by atoms with Gasteiger partial charge in [0.1, 0.15) is 5.82 Å². The Morgan fingerprint density at radius 1 is 1.53 bits per heavy atom. The maximum absolute atomic E-state index is 13.3. The second-order valence-electron chi connectivity index (χ2n) is 3.87. The molecule has 1 fully saturated rings. The summed E-state index contributed by atoms with van der Waals surface area (Å²) in [5.41, 5.74) is 0.0819. The van der Waals surface area contributed by atoms with Crippen LogP contribution in [0, 0.1) is 22.6 Å². The van der Waals surface area contributed by atoms with Crippen LogP contribution < -0.4 is 5.32 Å². The average molecular weight is 225 g/mol. The van der Waals surface area contributed by atoms with E-state index in [4.69, 9.17) is 16.9 Å². The Bertz CT molecular complexity index is 421. The standard InChI is InChI=1S/C11H10ClFN2/c12-8-1-2-9(13)10(5-8)15-7-11(6-14)3-4-11/h1-2,5,15H,3-4,7H2. The summed E-state index contributed by atoms with van der Waals surface area (Å²) in [4.78, 5) is 0. The third kappa shape index (κ3) is 2.21. The van der Waals surface area contributed by atoms with Crippen molar-refractivity contribution in [1.82, 2.24) is 0 Å². The van der Waals surface area contributed by atoms with Gasteiger partial charge in [-0.2, -0.15) is 5.26 Å². The zero-order chi connectivity index (χ0) is 10.9. The molecule has 0 aliphatic heterocycles. The van der Waals surface area contributed by atoms with Gasteiger partial charge in [0.25, 0.3) is 0 Å². The molecule has 0 bridgehead atoms. The quantitative estimate of drug-likeness (QED) is 0.856. The fraction of sp³-hybridized carbons (Fsp3) is 0.364. The van der Waals surface area contributed by atoms with Crippen molar-refractivity contribution < 1.29 is 4.39 Å². The van der Waals surface area contributed by atoms with Gasteiger partial charge in [-0.25, -0.2) is 4.39 Å². The SMILES string of the molecule is N#CC1(CNc2cc(Cl)ccc2F)CC1. The molecule has 0 spiro atoms. The molecule has 0 radical (unpaired) electrons. The molecule has 1 aromatic carbocycles. The predicted octanol–water partition coefficient (Wildman–Crippen LogP) is 3.19. The molecule has 1 aliphatic carbocycles. The van der Waals surface area contributed by atoms with Crippen LogP contribution in [0.5, 0.6) is 0 Å². The second kappa shape index (κ2) is 3.71. The molecule has 0 atom stereocenters. The van der Waals surface area contributed by atoms with Crippen molar-refractivity contribution in [1.29, 1.82) is 5.26 Å². The third-order valence-electron chi connectivity index (χ3n) is 2.64. The van der Waals surface area contributed by atoms with E-state index in [9.17, 15) is 4.39 Å². The molecule has 0 aromatic heterocycles. The Morgan fingerprint density at radius 2 is 2.27 bits per heavy atom. The highest BCUT2D eigenvalue weighted by Crippen LogP contribution is 2.44. The molecule has 4 heteroatoms. The van der Waals surface area contributed by atoms with Gasteiger partial charge in [0, 0.05) is 11.6 Å². The van der Waals surface area contributed by atoms with E-state index in [0.29, 0.717) is 17.3 Å².